The second-order valence-electron chi connectivity index (χ2n) is 4.68. The highest BCUT2D eigenvalue weighted by atomic mass is 32.2. The number of aliphatic hydroxyl groups excluding tert-OH is 1. The normalized spacial score (nSPS) is 18.3. The predicted molar refractivity (Wildman–Crippen MR) is 75.6 cm³/mol. The quantitative estimate of drug-likeness (QED) is 0.930. The van der Waals surface area contributed by atoms with Crippen molar-refractivity contribution < 1.29 is 22.6 Å². The third-order valence-corrected chi connectivity index (χ3v) is 4.51. The number of amides is 1. The fraction of sp³-hybridized carbons (Fsp3) is 0.214. The van der Waals surface area contributed by atoms with Crippen molar-refractivity contribution in [1.82, 2.24) is 5.06 Å². The summed E-state index contributed by atoms with van der Waals surface area (Å²) < 4.78 is 27.9. The van der Waals surface area contributed by atoms with Crippen LogP contribution in [0, 0.1) is 0 Å². The van der Waals surface area contributed by atoms with Gasteiger partial charge in [0.25, 0.3) is 16.0 Å². The van der Waals surface area contributed by atoms with Crippen molar-refractivity contribution >= 4 is 26.8 Å². The summed E-state index contributed by atoms with van der Waals surface area (Å²) >= 11 is 0. The highest BCUT2D eigenvalue weighted by Gasteiger charge is 2.36. The molecule has 1 amide bonds. The zero-order chi connectivity index (χ0) is 15.2. The molecule has 2 aromatic rings. The summed E-state index contributed by atoms with van der Waals surface area (Å²) in [4.78, 5) is 12.4. The second-order valence-corrected chi connectivity index (χ2v) is 6.52. The Morgan fingerprint density at radius 1 is 1.24 bits per heavy atom. The van der Waals surface area contributed by atoms with E-state index in [0.29, 0.717) is 21.6 Å². The summed E-state index contributed by atoms with van der Waals surface area (Å²) in [5.41, 5.74) is 0.744. The van der Waals surface area contributed by atoms with Crippen LogP contribution in [0.4, 0.5) is 0 Å². The zero-order valence-electron chi connectivity index (χ0n) is 11.2. The Kier molecular flexibility index (Phi) is 3.20. The number of carbonyl (C=O) groups excluding carboxylic acids is 1. The molecule has 3 rings (SSSR count). The van der Waals surface area contributed by atoms with Gasteiger partial charge in [0.15, 0.2) is 6.23 Å². The van der Waals surface area contributed by atoms with Gasteiger partial charge < -0.3 is 5.11 Å². The number of benzene rings is 2. The Labute approximate surface area is 121 Å². The molecule has 2 aromatic carbocycles. The number of hydrogen-bond acceptors (Lipinski definition) is 5. The summed E-state index contributed by atoms with van der Waals surface area (Å²) in [6.07, 6.45) is -1.46. The summed E-state index contributed by atoms with van der Waals surface area (Å²) in [6.45, 7) is 1.39. The highest BCUT2D eigenvalue weighted by Crippen LogP contribution is 2.36. The van der Waals surface area contributed by atoms with Gasteiger partial charge in [0.2, 0.25) is 0 Å². The lowest BCUT2D eigenvalue weighted by molar-refractivity contribution is -0.135. The fourth-order valence-electron chi connectivity index (χ4n) is 2.37. The third-order valence-electron chi connectivity index (χ3n) is 3.42. The van der Waals surface area contributed by atoms with Crippen molar-refractivity contribution in [2.24, 2.45) is 0 Å². The molecule has 0 radical (unpaired) electrons. The fourth-order valence-corrected chi connectivity index (χ4v) is 2.87. The zero-order valence-corrected chi connectivity index (χ0v) is 12.0. The Bertz CT molecular complexity index is 825. The van der Waals surface area contributed by atoms with Crippen molar-refractivity contribution in [1.29, 1.82) is 0 Å². The van der Waals surface area contributed by atoms with Crippen LogP contribution in [0.5, 0.6) is 0 Å². The van der Waals surface area contributed by atoms with Gasteiger partial charge in [0, 0.05) is 10.9 Å². The van der Waals surface area contributed by atoms with Crippen molar-refractivity contribution in [3.05, 3.63) is 47.5 Å². The van der Waals surface area contributed by atoms with Crippen LogP contribution in [0.25, 0.3) is 10.8 Å². The van der Waals surface area contributed by atoms with Gasteiger partial charge in [0.1, 0.15) is 0 Å². The Morgan fingerprint density at radius 3 is 2.57 bits per heavy atom. The smallest absolute Gasteiger partial charge is 0.287 e. The van der Waals surface area contributed by atoms with Gasteiger partial charge in [-0.2, -0.15) is 13.5 Å². The number of carbonyl (C=O) groups is 1. The Morgan fingerprint density at radius 2 is 1.90 bits per heavy atom. The molecule has 0 aromatic heterocycles. The monoisotopic (exact) mass is 307 g/mol. The molecule has 0 saturated heterocycles. The molecule has 1 atom stereocenters. The minimum Gasteiger partial charge on any atom is -0.367 e. The van der Waals surface area contributed by atoms with E-state index in [4.69, 9.17) is 4.28 Å². The topological polar surface area (TPSA) is 83.9 Å². The Hall–Kier alpha value is -1.96. The van der Waals surface area contributed by atoms with Crippen molar-refractivity contribution in [2.75, 3.05) is 5.75 Å². The molecular formula is C14H13NO5S. The largest absolute Gasteiger partial charge is 0.367 e. The van der Waals surface area contributed by atoms with Crippen molar-refractivity contribution in [3.8, 4) is 0 Å². The summed E-state index contributed by atoms with van der Waals surface area (Å²) in [5.74, 6) is -0.973. The lowest BCUT2D eigenvalue weighted by Gasteiger charge is -2.31. The minimum absolute atomic E-state index is 0.296. The first kappa shape index (κ1) is 14.0. The van der Waals surface area contributed by atoms with E-state index in [9.17, 15) is 18.3 Å². The van der Waals surface area contributed by atoms with E-state index in [1.807, 2.05) is 12.1 Å². The van der Waals surface area contributed by atoms with E-state index >= 15 is 0 Å². The van der Waals surface area contributed by atoms with Crippen LogP contribution in [0.3, 0.4) is 0 Å². The lowest BCUT2D eigenvalue weighted by atomic mass is 9.94. The molecule has 1 unspecified atom stereocenters. The first-order valence-corrected chi connectivity index (χ1v) is 7.98. The highest BCUT2D eigenvalue weighted by molar-refractivity contribution is 7.86. The van der Waals surface area contributed by atoms with Gasteiger partial charge in [-0.1, -0.05) is 30.3 Å². The standard InChI is InChI=1S/C14H13NO5S/c1-2-21(18,19)20-15-13(16)10-7-3-5-9-6-4-8-11(12(9)10)14(15)17/h3-8,13,16H,2H2,1H3. The molecule has 7 heteroatoms. The minimum atomic E-state index is -3.91. The molecular weight excluding hydrogens is 294 g/mol. The molecule has 1 N–H and O–H groups in total. The molecule has 0 fully saturated rings. The van der Waals surface area contributed by atoms with Crippen LogP contribution in [0.2, 0.25) is 0 Å². The molecule has 1 aliphatic rings. The van der Waals surface area contributed by atoms with Gasteiger partial charge in [-0.3, -0.25) is 4.79 Å². The van der Waals surface area contributed by atoms with Crippen LogP contribution >= 0.6 is 0 Å². The van der Waals surface area contributed by atoms with Gasteiger partial charge in [-0.25, -0.2) is 0 Å². The van der Waals surface area contributed by atoms with E-state index in [1.165, 1.54) is 6.92 Å². The van der Waals surface area contributed by atoms with E-state index in [0.717, 1.165) is 5.39 Å². The summed E-state index contributed by atoms with van der Waals surface area (Å²) in [6, 6.07) is 10.3. The van der Waals surface area contributed by atoms with Crippen LogP contribution < -0.4 is 0 Å². The van der Waals surface area contributed by atoms with E-state index in [1.54, 1.807) is 24.3 Å². The van der Waals surface area contributed by atoms with Crippen LogP contribution in [0.1, 0.15) is 29.1 Å². The van der Waals surface area contributed by atoms with Gasteiger partial charge >= 0.3 is 0 Å². The second kappa shape index (κ2) is 4.80. The molecule has 0 aliphatic carbocycles. The SMILES string of the molecule is CCS(=O)(=O)ON1C(=O)c2cccc3cccc(c23)C1O. The van der Waals surface area contributed by atoms with Gasteiger partial charge in [0.05, 0.1) is 11.3 Å². The van der Waals surface area contributed by atoms with Crippen molar-refractivity contribution in [3.63, 3.8) is 0 Å². The van der Waals surface area contributed by atoms with Crippen molar-refractivity contribution in [2.45, 2.75) is 13.2 Å². The van der Waals surface area contributed by atoms with Crippen LogP contribution in [0.15, 0.2) is 36.4 Å². The Balaban J connectivity index is 2.17. The molecule has 1 heterocycles. The van der Waals surface area contributed by atoms with E-state index in [2.05, 4.69) is 0 Å². The predicted octanol–water partition coefficient (Wildman–Crippen LogP) is 1.57. The lowest BCUT2D eigenvalue weighted by Crippen LogP contribution is -2.40. The molecule has 21 heavy (non-hydrogen) atoms. The maximum atomic E-state index is 12.4. The average Bonchev–Trinajstić information content (AvgIpc) is 2.49. The molecule has 0 saturated carbocycles. The maximum Gasteiger partial charge on any atom is 0.287 e. The average molecular weight is 307 g/mol. The van der Waals surface area contributed by atoms with Gasteiger partial charge in [-0.05, 0) is 18.4 Å². The van der Waals surface area contributed by atoms with E-state index < -0.39 is 22.3 Å². The first-order chi connectivity index (χ1) is 9.94. The number of hydroxylamine groups is 2. The number of aliphatic hydroxyl groups is 1. The van der Waals surface area contributed by atoms with Crippen LogP contribution in [-0.4, -0.2) is 30.2 Å². The molecule has 1 aliphatic heterocycles. The van der Waals surface area contributed by atoms with Gasteiger partial charge in [-0.15, -0.1) is 4.28 Å². The number of rotatable bonds is 3. The molecule has 6 nitrogen and oxygen atoms in total. The molecule has 110 valence electrons. The van der Waals surface area contributed by atoms with Crippen LogP contribution in [-0.2, 0) is 14.4 Å². The third kappa shape index (κ3) is 2.19. The van der Waals surface area contributed by atoms with E-state index in [-0.39, 0.29) is 5.75 Å². The first-order valence-electron chi connectivity index (χ1n) is 6.40. The summed E-state index contributed by atoms with van der Waals surface area (Å²) in [7, 11) is -3.91. The maximum absolute atomic E-state index is 12.4. The number of hydrogen-bond donors (Lipinski definition) is 1. The molecule has 0 bridgehead atoms. The summed E-state index contributed by atoms with van der Waals surface area (Å²) in [5, 5.41) is 12.2. The molecule has 0 spiro atoms. The number of nitrogens with zero attached hydrogens (tertiary/aromatic N) is 1.